The van der Waals surface area contributed by atoms with E-state index in [0.717, 1.165) is 17.0 Å². The standard InChI is InChI=1S/C11H16N2O4/c1-7-9(8(2)17-13-7)3-4-10(14)12-6-5-11(15)16/h3-6H2,1-2H3,(H,12,14)(H,15,16). The average molecular weight is 240 g/mol. The third-order valence-electron chi connectivity index (χ3n) is 2.44. The first-order valence-corrected chi connectivity index (χ1v) is 5.41. The highest BCUT2D eigenvalue weighted by Crippen LogP contribution is 2.13. The fourth-order valence-electron chi connectivity index (χ4n) is 1.49. The van der Waals surface area contributed by atoms with Gasteiger partial charge in [0.2, 0.25) is 5.91 Å². The summed E-state index contributed by atoms with van der Waals surface area (Å²) < 4.78 is 4.98. The topological polar surface area (TPSA) is 92.4 Å². The van der Waals surface area contributed by atoms with Gasteiger partial charge in [0, 0.05) is 18.5 Å². The van der Waals surface area contributed by atoms with Crippen molar-refractivity contribution in [2.45, 2.75) is 33.1 Å². The summed E-state index contributed by atoms with van der Waals surface area (Å²) >= 11 is 0. The van der Waals surface area contributed by atoms with Gasteiger partial charge in [-0.25, -0.2) is 0 Å². The molecule has 2 N–H and O–H groups in total. The van der Waals surface area contributed by atoms with Crippen LogP contribution in [0.1, 0.15) is 29.9 Å². The van der Waals surface area contributed by atoms with Crippen molar-refractivity contribution in [3.05, 3.63) is 17.0 Å². The maximum Gasteiger partial charge on any atom is 0.305 e. The van der Waals surface area contributed by atoms with Crippen molar-refractivity contribution in [3.8, 4) is 0 Å². The summed E-state index contributed by atoms with van der Waals surface area (Å²) in [5, 5.41) is 14.7. The summed E-state index contributed by atoms with van der Waals surface area (Å²) in [6, 6.07) is 0. The van der Waals surface area contributed by atoms with Crippen LogP contribution in [0.5, 0.6) is 0 Å². The highest BCUT2D eigenvalue weighted by Gasteiger charge is 2.11. The molecule has 0 bridgehead atoms. The Morgan fingerprint density at radius 3 is 2.59 bits per heavy atom. The number of rotatable bonds is 6. The quantitative estimate of drug-likeness (QED) is 0.767. The molecule has 0 radical (unpaired) electrons. The summed E-state index contributed by atoms with van der Waals surface area (Å²) in [5.74, 6) is -0.358. The van der Waals surface area contributed by atoms with Crippen LogP contribution in [0.25, 0.3) is 0 Å². The molecule has 1 heterocycles. The van der Waals surface area contributed by atoms with Gasteiger partial charge in [-0.3, -0.25) is 9.59 Å². The van der Waals surface area contributed by atoms with Crippen molar-refractivity contribution in [1.29, 1.82) is 0 Å². The van der Waals surface area contributed by atoms with Crippen LogP contribution in [0.2, 0.25) is 0 Å². The lowest BCUT2D eigenvalue weighted by Gasteiger charge is -2.03. The molecule has 0 aliphatic rings. The van der Waals surface area contributed by atoms with E-state index in [4.69, 9.17) is 9.63 Å². The Balaban J connectivity index is 2.31. The Hall–Kier alpha value is -1.85. The van der Waals surface area contributed by atoms with E-state index < -0.39 is 5.97 Å². The number of amides is 1. The van der Waals surface area contributed by atoms with Gasteiger partial charge in [-0.15, -0.1) is 0 Å². The van der Waals surface area contributed by atoms with Crippen molar-refractivity contribution in [1.82, 2.24) is 10.5 Å². The molecule has 0 atom stereocenters. The molecule has 1 amide bonds. The van der Waals surface area contributed by atoms with Crippen LogP contribution in [-0.2, 0) is 16.0 Å². The normalized spacial score (nSPS) is 10.2. The number of aryl methyl sites for hydroxylation is 2. The monoisotopic (exact) mass is 240 g/mol. The minimum absolute atomic E-state index is 0.0585. The van der Waals surface area contributed by atoms with E-state index in [-0.39, 0.29) is 18.9 Å². The number of hydrogen-bond donors (Lipinski definition) is 2. The number of carbonyl (C=O) groups excluding carboxylic acids is 1. The van der Waals surface area contributed by atoms with Crippen molar-refractivity contribution in [2.24, 2.45) is 0 Å². The van der Waals surface area contributed by atoms with E-state index in [9.17, 15) is 9.59 Å². The van der Waals surface area contributed by atoms with E-state index in [2.05, 4.69) is 10.5 Å². The first-order valence-electron chi connectivity index (χ1n) is 5.41. The lowest BCUT2D eigenvalue weighted by Crippen LogP contribution is -2.26. The molecule has 1 rings (SSSR count). The van der Waals surface area contributed by atoms with Crippen molar-refractivity contribution in [3.63, 3.8) is 0 Å². The summed E-state index contributed by atoms with van der Waals surface area (Å²) in [4.78, 5) is 21.6. The van der Waals surface area contributed by atoms with Gasteiger partial charge in [0.25, 0.3) is 0 Å². The zero-order valence-electron chi connectivity index (χ0n) is 9.95. The van der Waals surface area contributed by atoms with Crippen LogP contribution in [0.3, 0.4) is 0 Å². The molecule has 0 aliphatic heterocycles. The minimum Gasteiger partial charge on any atom is -0.481 e. The number of aromatic nitrogens is 1. The molecule has 6 nitrogen and oxygen atoms in total. The summed E-state index contributed by atoms with van der Waals surface area (Å²) in [5.41, 5.74) is 1.74. The number of nitrogens with one attached hydrogen (secondary N) is 1. The number of hydrogen-bond acceptors (Lipinski definition) is 4. The van der Waals surface area contributed by atoms with E-state index in [1.54, 1.807) is 6.92 Å². The molecule has 94 valence electrons. The van der Waals surface area contributed by atoms with E-state index >= 15 is 0 Å². The Bertz CT molecular complexity index is 392. The highest BCUT2D eigenvalue weighted by molar-refractivity contribution is 5.77. The van der Waals surface area contributed by atoms with Gasteiger partial charge >= 0.3 is 5.97 Å². The number of carboxylic acids is 1. The zero-order chi connectivity index (χ0) is 12.8. The third kappa shape index (κ3) is 4.26. The number of carboxylic acid groups (broad SMARTS) is 1. The van der Waals surface area contributed by atoms with Crippen molar-refractivity contribution >= 4 is 11.9 Å². The van der Waals surface area contributed by atoms with E-state index in [0.29, 0.717) is 12.8 Å². The molecule has 6 heteroatoms. The minimum atomic E-state index is -0.920. The molecule has 0 spiro atoms. The number of carbonyl (C=O) groups is 2. The average Bonchev–Trinajstić information content (AvgIpc) is 2.55. The van der Waals surface area contributed by atoms with Gasteiger partial charge in [-0.05, 0) is 20.3 Å². The molecule has 17 heavy (non-hydrogen) atoms. The van der Waals surface area contributed by atoms with Crippen LogP contribution < -0.4 is 5.32 Å². The summed E-state index contributed by atoms with van der Waals surface area (Å²) in [7, 11) is 0. The lowest BCUT2D eigenvalue weighted by molar-refractivity contribution is -0.136. The molecule has 0 saturated heterocycles. The molecule has 0 aliphatic carbocycles. The summed E-state index contributed by atoms with van der Waals surface area (Å²) in [6.07, 6.45) is 0.805. The maximum absolute atomic E-state index is 11.4. The SMILES string of the molecule is Cc1noc(C)c1CCC(=O)NCCC(=O)O. The van der Waals surface area contributed by atoms with Gasteiger partial charge < -0.3 is 14.9 Å². The van der Waals surface area contributed by atoms with Gasteiger partial charge in [-0.1, -0.05) is 5.16 Å². The highest BCUT2D eigenvalue weighted by atomic mass is 16.5. The van der Waals surface area contributed by atoms with Crippen molar-refractivity contribution < 1.29 is 19.2 Å². The molecule has 1 aromatic rings. The predicted octanol–water partition coefficient (Wildman–Crippen LogP) is 0.815. The third-order valence-corrected chi connectivity index (χ3v) is 2.44. The first kappa shape index (κ1) is 13.2. The second kappa shape index (κ2) is 6.03. The van der Waals surface area contributed by atoms with Gasteiger partial charge in [0.05, 0.1) is 12.1 Å². The number of aliphatic carboxylic acids is 1. The zero-order valence-corrected chi connectivity index (χ0v) is 9.95. The maximum atomic E-state index is 11.4. The molecule has 0 saturated carbocycles. The molecule has 1 aromatic heterocycles. The number of nitrogens with zero attached hydrogens (tertiary/aromatic N) is 1. The Kier molecular flexibility index (Phi) is 4.68. The first-order chi connectivity index (χ1) is 8.00. The summed E-state index contributed by atoms with van der Waals surface area (Å²) in [6.45, 7) is 3.79. The Labute approximate surface area is 99.0 Å². The van der Waals surface area contributed by atoms with Crippen molar-refractivity contribution in [2.75, 3.05) is 6.54 Å². The fourth-order valence-corrected chi connectivity index (χ4v) is 1.49. The molecule has 0 unspecified atom stereocenters. The fraction of sp³-hybridized carbons (Fsp3) is 0.545. The Morgan fingerprint density at radius 1 is 1.35 bits per heavy atom. The smallest absolute Gasteiger partial charge is 0.305 e. The Morgan fingerprint density at radius 2 is 2.06 bits per heavy atom. The van der Waals surface area contributed by atoms with Gasteiger partial charge in [0.15, 0.2) is 0 Å². The molecular formula is C11H16N2O4. The molecule has 0 aromatic carbocycles. The van der Waals surface area contributed by atoms with E-state index in [1.807, 2.05) is 6.92 Å². The second-order valence-corrected chi connectivity index (χ2v) is 3.80. The largest absolute Gasteiger partial charge is 0.481 e. The van der Waals surface area contributed by atoms with Crippen LogP contribution in [0, 0.1) is 13.8 Å². The van der Waals surface area contributed by atoms with Gasteiger partial charge in [-0.2, -0.15) is 0 Å². The van der Waals surface area contributed by atoms with Crippen LogP contribution >= 0.6 is 0 Å². The van der Waals surface area contributed by atoms with Crippen LogP contribution in [0.4, 0.5) is 0 Å². The molecular weight excluding hydrogens is 224 g/mol. The van der Waals surface area contributed by atoms with E-state index in [1.165, 1.54) is 0 Å². The van der Waals surface area contributed by atoms with Gasteiger partial charge in [0.1, 0.15) is 5.76 Å². The predicted molar refractivity (Wildman–Crippen MR) is 59.6 cm³/mol. The molecule has 0 fully saturated rings. The second-order valence-electron chi connectivity index (χ2n) is 3.80. The van der Waals surface area contributed by atoms with Crippen LogP contribution in [0.15, 0.2) is 4.52 Å². The lowest BCUT2D eigenvalue weighted by atomic mass is 10.1. The van der Waals surface area contributed by atoms with Crippen LogP contribution in [-0.4, -0.2) is 28.7 Å².